The third kappa shape index (κ3) is 6.76. The molecule has 2 aromatic carbocycles. The molecular formula is C32H40ClN3O4. The van der Waals surface area contributed by atoms with Crippen molar-refractivity contribution in [2.45, 2.75) is 82.6 Å². The lowest BCUT2D eigenvalue weighted by Gasteiger charge is -2.29. The summed E-state index contributed by atoms with van der Waals surface area (Å²) >= 11 is 6.36. The highest BCUT2D eigenvalue weighted by molar-refractivity contribution is 6.32. The quantitative estimate of drug-likeness (QED) is 0.420. The number of rotatable bonds is 9. The minimum absolute atomic E-state index is 0.121. The second kappa shape index (κ2) is 13.3. The van der Waals surface area contributed by atoms with Gasteiger partial charge in [0.1, 0.15) is 0 Å². The molecule has 1 unspecified atom stereocenters. The summed E-state index contributed by atoms with van der Waals surface area (Å²) in [5.41, 5.74) is 2.78. The summed E-state index contributed by atoms with van der Waals surface area (Å²) in [6, 6.07) is 14.9. The van der Waals surface area contributed by atoms with E-state index in [1.165, 1.54) is 11.3 Å². The lowest BCUT2D eigenvalue weighted by Crippen LogP contribution is -2.50. The number of nitrogens with zero attached hydrogens (tertiary/aromatic N) is 2. The van der Waals surface area contributed by atoms with Gasteiger partial charge in [0.15, 0.2) is 0 Å². The first-order chi connectivity index (χ1) is 19.4. The highest BCUT2D eigenvalue weighted by Crippen LogP contribution is 2.33. The first-order valence-electron chi connectivity index (χ1n) is 14.7. The van der Waals surface area contributed by atoms with Gasteiger partial charge in [-0.15, -0.1) is 0 Å². The molecule has 1 aliphatic heterocycles. The zero-order chi connectivity index (χ0) is 28.1. The number of halogens is 1. The maximum Gasteiger partial charge on any atom is 0.272 e. The van der Waals surface area contributed by atoms with Crippen LogP contribution in [-0.2, 0) is 14.3 Å². The van der Waals surface area contributed by atoms with Crippen LogP contribution in [0.4, 0.5) is 5.69 Å². The van der Waals surface area contributed by atoms with Gasteiger partial charge in [-0.25, -0.2) is 4.99 Å². The van der Waals surface area contributed by atoms with Gasteiger partial charge < -0.3 is 20.1 Å². The first kappa shape index (κ1) is 28.8. The van der Waals surface area contributed by atoms with E-state index in [4.69, 9.17) is 21.3 Å². The van der Waals surface area contributed by atoms with Gasteiger partial charge in [-0.3, -0.25) is 9.59 Å². The minimum Gasteiger partial charge on any atom is -0.390 e. The zero-order valence-electron chi connectivity index (χ0n) is 23.2. The number of ether oxygens (including phenoxy) is 1. The number of likely N-dealkylation sites (N-methyl/N-ethyl adjacent to an activating group) is 1. The second-order valence-electron chi connectivity index (χ2n) is 11.5. The normalized spacial score (nSPS) is 21.9. The van der Waals surface area contributed by atoms with Crippen LogP contribution in [0, 0.1) is 11.8 Å². The number of carbonyl (C=O) groups excluding carboxylic acids is 2. The fourth-order valence-electron chi connectivity index (χ4n) is 6.33. The van der Waals surface area contributed by atoms with Crippen LogP contribution in [0.15, 0.2) is 53.5 Å². The number of amides is 2. The molecule has 1 heterocycles. The Labute approximate surface area is 242 Å². The molecule has 40 heavy (non-hydrogen) atoms. The molecule has 3 aliphatic rings. The highest BCUT2D eigenvalue weighted by Gasteiger charge is 2.36. The second-order valence-corrected chi connectivity index (χ2v) is 11.9. The summed E-state index contributed by atoms with van der Waals surface area (Å²) in [4.78, 5) is 33.8. The standard InChI is InChI=1S/C32H40ClN3O4/c1-36-27-17-16-23(33)19-25(27)29(22-12-4-2-5-13-22)34-30(32(36)39)35-31(38)26(18-21-10-8-9-11-21)28(37)20-40-24-14-6-3-7-15-24/h2,4-5,12-13,16-17,19,21,24,26,28,30,37H,3,6-11,14-15,18,20H2,1H3,(H,35,38)/t26-,28+,30?/m1/s1. The molecule has 0 spiro atoms. The molecule has 2 aliphatic carbocycles. The maximum absolute atomic E-state index is 13.8. The average molecular weight is 566 g/mol. The van der Waals surface area contributed by atoms with Crippen LogP contribution in [0.2, 0.25) is 5.02 Å². The summed E-state index contributed by atoms with van der Waals surface area (Å²) in [6.07, 6.45) is 8.51. The SMILES string of the molecule is CN1C(=O)C(NC(=O)[C@H](CC2CCCC2)[C@@H](O)COC2CCCCC2)N=C(c2ccccc2)c2cc(Cl)ccc21. The third-order valence-corrected chi connectivity index (χ3v) is 8.88. The smallest absolute Gasteiger partial charge is 0.272 e. The van der Waals surface area contributed by atoms with Gasteiger partial charge in [0, 0.05) is 23.2 Å². The van der Waals surface area contributed by atoms with Crippen LogP contribution in [0.3, 0.4) is 0 Å². The van der Waals surface area contributed by atoms with Crippen LogP contribution >= 0.6 is 11.6 Å². The van der Waals surface area contributed by atoms with Crippen molar-refractivity contribution in [3.8, 4) is 0 Å². The molecule has 2 N–H and O–H groups in total. The van der Waals surface area contributed by atoms with E-state index in [0.29, 0.717) is 28.8 Å². The number of aliphatic imine (C=N–C) groups is 1. The molecule has 0 aromatic heterocycles. The minimum atomic E-state index is -1.14. The van der Waals surface area contributed by atoms with Crippen LogP contribution in [-0.4, -0.2) is 54.7 Å². The molecule has 214 valence electrons. The van der Waals surface area contributed by atoms with Gasteiger partial charge in [-0.1, -0.05) is 86.9 Å². The maximum atomic E-state index is 13.8. The van der Waals surface area contributed by atoms with Crippen molar-refractivity contribution in [2.24, 2.45) is 16.8 Å². The van der Waals surface area contributed by atoms with E-state index in [1.807, 2.05) is 30.3 Å². The molecule has 2 amide bonds. The first-order valence-corrected chi connectivity index (χ1v) is 15.1. The molecule has 2 fully saturated rings. The number of nitrogens with one attached hydrogen (secondary N) is 1. The summed E-state index contributed by atoms with van der Waals surface area (Å²) in [7, 11) is 1.68. The van der Waals surface area contributed by atoms with Crippen molar-refractivity contribution in [3.05, 3.63) is 64.7 Å². The predicted molar refractivity (Wildman–Crippen MR) is 158 cm³/mol. The van der Waals surface area contributed by atoms with Gasteiger partial charge in [-0.2, -0.15) is 0 Å². The predicted octanol–water partition coefficient (Wildman–Crippen LogP) is 5.50. The number of aliphatic hydroxyl groups is 1. The Morgan fingerprint density at radius 1 is 1.07 bits per heavy atom. The van der Waals surface area contributed by atoms with Crippen molar-refractivity contribution in [1.29, 1.82) is 0 Å². The van der Waals surface area contributed by atoms with Gasteiger partial charge in [0.2, 0.25) is 12.1 Å². The van der Waals surface area contributed by atoms with Crippen molar-refractivity contribution >= 4 is 34.8 Å². The molecule has 0 bridgehead atoms. The van der Waals surface area contributed by atoms with Crippen LogP contribution in [0.25, 0.3) is 0 Å². The van der Waals surface area contributed by atoms with Gasteiger partial charge >= 0.3 is 0 Å². The molecule has 8 heteroatoms. The Morgan fingerprint density at radius 3 is 2.50 bits per heavy atom. The molecule has 0 radical (unpaired) electrons. The number of aliphatic hydroxyl groups excluding tert-OH is 1. The average Bonchev–Trinajstić information content (AvgIpc) is 3.47. The summed E-state index contributed by atoms with van der Waals surface area (Å²) < 4.78 is 6.07. The van der Waals surface area contributed by atoms with E-state index in [-0.39, 0.29) is 24.5 Å². The summed E-state index contributed by atoms with van der Waals surface area (Å²) in [5, 5.41) is 14.7. The van der Waals surface area contributed by atoms with E-state index in [2.05, 4.69) is 5.32 Å². The Hall–Kier alpha value is -2.74. The van der Waals surface area contributed by atoms with Crippen LogP contribution < -0.4 is 10.2 Å². The van der Waals surface area contributed by atoms with E-state index < -0.39 is 18.2 Å². The summed E-state index contributed by atoms with van der Waals surface area (Å²) in [6.45, 7) is 0.121. The number of benzene rings is 2. The molecule has 2 saturated carbocycles. The Kier molecular flexibility index (Phi) is 9.56. The van der Waals surface area contributed by atoms with Crippen molar-refractivity contribution < 1.29 is 19.4 Å². The number of carbonyl (C=O) groups is 2. The van der Waals surface area contributed by atoms with Crippen LogP contribution in [0.1, 0.15) is 75.3 Å². The van der Waals surface area contributed by atoms with Crippen molar-refractivity contribution in [3.63, 3.8) is 0 Å². The number of fused-ring (bicyclic) bond motifs is 1. The van der Waals surface area contributed by atoms with E-state index in [9.17, 15) is 14.7 Å². The molecule has 5 rings (SSSR count). The number of benzodiazepines with no additional fused rings is 1. The zero-order valence-corrected chi connectivity index (χ0v) is 24.0. The van der Waals surface area contributed by atoms with Gasteiger partial charge in [-0.05, 0) is 43.4 Å². The number of anilines is 1. The van der Waals surface area contributed by atoms with E-state index in [1.54, 1.807) is 25.2 Å². The Balaban J connectivity index is 1.40. The Morgan fingerprint density at radius 2 is 1.77 bits per heavy atom. The number of hydrogen-bond acceptors (Lipinski definition) is 5. The van der Waals surface area contributed by atoms with E-state index >= 15 is 0 Å². The lowest BCUT2D eigenvalue weighted by molar-refractivity contribution is -0.135. The van der Waals surface area contributed by atoms with Crippen LogP contribution in [0.5, 0.6) is 0 Å². The largest absolute Gasteiger partial charge is 0.390 e. The van der Waals surface area contributed by atoms with E-state index in [0.717, 1.165) is 62.5 Å². The van der Waals surface area contributed by atoms with Gasteiger partial charge in [0.25, 0.3) is 5.91 Å². The highest BCUT2D eigenvalue weighted by atomic mass is 35.5. The molecular weight excluding hydrogens is 526 g/mol. The van der Waals surface area contributed by atoms with Crippen molar-refractivity contribution in [1.82, 2.24) is 5.32 Å². The Bertz CT molecular complexity index is 1210. The molecule has 7 nitrogen and oxygen atoms in total. The monoisotopic (exact) mass is 565 g/mol. The summed E-state index contributed by atoms with van der Waals surface area (Å²) in [5.74, 6) is -1.02. The molecule has 3 atom stereocenters. The molecule has 2 aromatic rings. The van der Waals surface area contributed by atoms with Crippen molar-refractivity contribution in [2.75, 3.05) is 18.6 Å². The fourth-order valence-corrected chi connectivity index (χ4v) is 6.51. The third-order valence-electron chi connectivity index (χ3n) is 8.64. The lowest BCUT2D eigenvalue weighted by atomic mass is 9.88. The van der Waals surface area contributed by atoms with Gasteiger partial charge in [0.05, 0.1) is 36.1 Å². The fraction of sp³-hybridized carbons (Fsp3) is 0.531. The number of hydrogen-bond donors (Lipinski definition) is 2. The molecule has 0 saturated heterocycles. The topological polar surface area (TPSA) is 91.2 Å².